The Hall–Kier alpha value is -2.33. The van der Waals surface area contributed by atoms with Crippen molar-refractivity contribution in [1.82, 2.24) is 14.7 Å². The van der Waals surface area contributed by atoms with E-state index in [4.69, 9.17) is 11.6 Å². The van der Waals surface area contributed by atoms with Crippen LogP contribution in [0.1, 0.15) is 36.9 Å². The summed E-state index contributed by atoms with van der Waals surface area (Å²) in [5.74, 6) is -0.0285. The fourth-order valence-electron chi connectivity index (χ4n) is 2.83. The van der Waals surface area contributed by atoms with E-state index in [-0.39, 0.29) is 11.8 Å². The lowest BCUT2D eigenvalue weighted by molar-refractivity contribution is -0.121. The maximum atomic E-state index is 12.3. The number of carbonyl (C=O) groups is 1. The molecule has 0 spiro atoms. The summed E-state index contributed by atoms with van der Waals surface area (Å²) in [7, 11) is 0. The lowest BCUT2D eigenvalue weighted by Gasteiger charge is -2.17. The van der Waals surface area contributed by atoms with Crippen LogP contribution in [0, 0.1) is 0 Å². The van der Waals surface area contributed by atoms with Crippen LogP contribution in [-0.2, 0) is 4.79 Å². The molecular weight excluding hydrogens is 322 g/mol. The number of hydrogen-bond acceptors (Lipinski definition) is 2. The van der Waals surface area contributed by atoms with E-state index in [1.807, 2.05) is 66.2 Å². The zero-order valence-electron chi connectivity index (χ0n) is 13.6. The number of imidazole rings is 1. The van der Waals surface area contributed by atoms with Crippen LogP contribution >= 0.6 is 11.6 Å². The molecule has 1 unspecified atom stereocenters. The molecule has 0 aliphatic carbocycles. The summed E-state index contributed by atoms with van der Waals surface area (Å²) < 4.78 is 1.97. The largest absolute Gasteiger partial charge is 0.356 e. The minimum absolute atomic E-state index is 0.0441. The molecule has 1 atom stereocenters. The van der Waals surface area contributed by atoms with Crippen LogP contribution in [0.5, 0.6) is 0 Å². The van der Waals surface area contributed by atoms with Gasteiger partial charge in [0.05, 0.1) is 10.7 Å². The zero-order valence-corrected chi connectivity index (χ0v) is 14.3. The first-order valence-electron chi connectivity index (χ1n) is 8.13. The van der Waals surface area contributed by atoms with Crippen LogP contribution in [-0.4, -0.2) is 21.8 Å². The molecule has 0 bridgehead atoms. The molecule has 0 radical (unpaired) electrons. The Balaban J connectivity index is 2.00. The predicted molar refractivity (Wildman–Crippen MR) is 96.4 cm³/mol. The Kier molecular flexibility index (Phi) is 5.16. The first kappa shape index (κ1) is 16.5. The van der Waals surface area contributed by atoms with Gasteiger partial charge in [-0.1, -0.05) is 48.9 Å². The van der Waals surface area contributed by atoms with Gasteiger partial charge >= 0.3 is 0 Å². The highest BCUT2D eigenvalue weighted by Crippen LogP contribution is 2.29. The highest BCUT2D eigenvalue weighted by atomic mass is 35.5. The number of pyridine rings is 1. The predicted octanol–water partition coefficient (Wildman–Crippen LogP) is 4.04. The third-order valence-electron chi connectivity index (χ3n) is 4.02. The lowest BCUT2D eigenvalue weighted by Crippen LogP contribution is -2.26. The molecular formula is C19H20ClN3O. The van der Waals surface area contributed by atoms with Crippen molar-refractivity contribution in [2.24, 2.45) is 0 Å². The Morgan fingerprint density at radius 3 is 2.79 bits per heavy atom. The molecule has 5 heteroatoms. The fraction of sp³-hybridized carbons (Fsp3) is 0.263. The number of rotatable bonds is 6. The first-order valence-corrected chi connectivity index (χ1v) is 8.51. The van der Waals surface area contributed by atoms with Crippen LogP contribution in [0.3, 0.4) is 0 Å². The van der Waals surface area contributed by atoms with E-state index < -0.39 is 0 Å². The maximum Gasteiger partial charge on any atom is 0.221 e. The van der Waals surface area contributed by atoms with Crippen molar-refractivity contribution in [1.29, 1.82) is 0 Å². The van der Waals surface area contributed by atoms with E-state index in [2.05, 4.69) is 10.3 Å². The van der Waals surface area contributed by atoms with Gasteiger partial charge in [-0.2, -0.15) is 0 Å². The number of carbonyl (C=O) groups excluding carboxylic acids is 1. The molecule has 3 aromatic rings. The van der Waals surface area contributed by atoms with Crippen molar-refractivity contribution in [3.63, 3.8) is 0 Å². The first-order chi connectivity index (χ1) is 11.7. The summed E-state index contributed by atoms with van der Waals surface area (Å²) in [5.41, 5.74) is 2.88. The number of hydrogen-bond donors (Lipinski definition) is 1. The van der Waals surface area contributed by atoms with Crippen molar-refractivity contribution in [2.75, 3.05) is 6.54 Å². The molecule has 0 aliphatic rings. The van der Waals surface area contributed by atoms with Gasteiger partial charge in [-0.25, -0.2) is 4.98 Å². The number of nitrogens with one attached hydrogen (secondary N) is 1. The van der Waals surface area contributed by atoms with Crippen molar-refractivity contribution in [3.05, 3.63) is 71.1 Å². The molecule has 1 N–H and O–H groups in total. The second-order valence-corrected chi connectivity index (χ2v) is 6.21. The Morgan fingerprint density at radius 1 is 1.25 bits per heavy atom. The molecule has 124 valence electrons. The van der Waals surface area contributed by atoms with Gasteiger partial charge in [0, 0.05) is 31.3 Å². The van der Waals surface area contributed by atoms with Gasteiger partial charge in [0.15, 0.2) is 0 Å². The monoisotopic (exact) mass is 341 g/mol. The Morgan fingerprint density at radius 2 is 2.04 bits per heavy atom. The van der Waals surface area contributed by atoms with E-state index >= 15 is 0 Å². The third kappa shape index (κ3) is 3.60. The zero-order chi connectivity index (χ0) is 16.9. The van der Waals surface area contributed by atoms with Gasteiger partial charge in [-0.05, 0) is 24.1 Å². The van der Waals surface area contributed by atoms with Gasteiger partial charge in [0.2, 0.25) is 5.91 Å². The van der Waals surface area contributed by atoms with Crippen molar-refractivity contribution in [2.45, 2.75) is 25.7 Å². The summed E-state index contributed by atoms with van der Waals surface area (Å²) in [6, 6.07) is 13.7. The van der Waals surface area contributed by atoms with Gasteiger partial charge in [-0.3, -0.25) is 4.79 Å². The van der Waals surface area contributed by atoms with Crippen LogP contribution in [0.4, 0.5) is 0 Å². The van der Waals surface area contributed by atoms with E-state index in [1.165, 1.54) is 0 Å². The summed E-state index contributed by atoms with van der Waals surface area (Å²) in [6.07, 6.45) is 4.98. The lowest BCUT2D eigenvalue weighted by atomic mass is 9.92. The second-order valence-electron chi connectivity index (χ2n) is 5.78. The molecule has 0 aliphatic heterocycles. The molecule has 0 fully saturated rings. The molecule has 0 saturated carbocycles. The summed E-state index contributed by atoms with van der Waals surface area (Å²) in [5, 5.41) is 3.60. The van der Waals surface area contributed by atoms with Gasteiger partial charge in [-0.15, -0.1) is 0 Å². The van der Waals surface area contributed by atoms with E-state index in [0.717, 1.165) is 23.3 Å². The van der Waals surface area contributed by atoms with Crippen LogP contribution in [0.2, 0.25) is 5.02 Å². The normalized spacial score (nSPS) is 12.2. The maximum absolute atomic E-state index is 12.3. The number of fused-ring (bicyclic) bond motifs is 1. The smallest absolute Gasteiger partial charge is 0.221 e. The standard InChI is InChI=1S/C19H20ClN3O/c1-2-10-21-19(24)11-16(14-6-4-3-5-7-14)17-12-22-18-9-8-15(20)13-23(17)18/h3-9,12-13,16H,2,10-11H2,1H3,(H,21,24). The number of halogens is 1. The van der Waals surface area contributed by atoms with Crippen molar-refractivity contribution >= 4 is 23.2 Å². The minimum atomic E-state index is -0.0727. The minimum Gasteiger partial charge on any atom is -0.356 e. The highest BCUT2D eigenvalue weighted by molar-refractivity contribution is 6.30. The fourth-order valence-corrected chi connectivity index (χ4v) is 2.99. The topological polar surface area (TPSA) is 46.4 Å². The molecule has 24 heavy (non-hydrogen) atoms. The van der Waals surface area contributed by atoms with E-state index in [9.17, 15) is 4.79 Å². The average Bonchev–Trinajstić information content (AvgIpc) is 3.01. The number of aromatic nitrogens is 2. The molecule has 1 amide bonds. The van der Waals surface area contributed by atoms with E-state index in [0.29, 0.717) is 18.0 Å². The summed E-state index contributed by atoms with van der Waals surface area (Å²) in [4.78, 5) is 16.8. The molecule has 1 aromatic carbocycles. The Bertz CT molecular complexity index is 829. The molecule has 3 rings (SSSR count). The summed E-state index contributed by atoms with van der Waals surface area (Å²) >= 11 is 6.14. The quantitative estimate of drug-likeness (QED) is 0.735. The van der Waals surface area contributed by atoms with E-state index in [1.54, 1.807) is 0 Å². The van der Waals surface area contributed by atoms with Gasteiger partial charge < -0.3 is 9.72 Å². The molecule has 0 saturated heterocycles. The van der Waals surface area contributed by atoms with Crippen molar-refractivity contribution < 1.29 is 4.79 Å². The van der Waals surface area contributed by atoms with Gasteiger partial charge in [0.1, 0.15) is 5.65 Å². The molecule has 2 heterocycles. The SMILES string of the molecule is CCCNC(=O)CC(c1ccccc1)c1cnc2ccc(Cl)cn12. The number of amides is 1. The number of nitrogens with zero attached hydrogens (tertiary/aromatic N) is 2. The van der Waals surface area contributed by atoms with Crippen LogP contribution in [0.25, 0.3) is 5.65 Å². The van der Waals surface area contributed by atoms with Crippen LogP contribution < -0.4 is 5.32 Å². The molecule has 2 aromatic heterocycles. The number of benzene rings is 1. The Labute approximate surface area is 146 Å². The average molecular weight is 342 g/mol. The third-order valence-corrected chi connectivity index (χ3v) is 4.24. The van der Waals surface area contributed by atoms with Crippen LogP contribution in [0.15, 0.2) is 54.9 Å². The highest BCUT2D eigenvalue weighted by Gasteiger charge is 2.21. The second kappa shape index (κ2) is 7.49. The van der Waals surface area contributed by atoms with Crippen molar-refractivity contribution in [3.8, 4) is 0 Å². The molecule has 4 nitrogen and oxygen atoms in total. The summed E-state index contributed by atoms with van der Waals surface area (Å²) in [6.45, 7) is 2.74. The van der Waals surface area contributed by atoms with Gasteiger partial charge in [0.25, 0.3) is 0 Å².